The van der Waals surface area contributed by atoms with Crippen molar-refractivity contribution in [1.29, 1.82) is 0 Å². The molecular formula is C25H26O3S. The summed E-state index contributed by atoms with van der Waals surface area (Å²) in [6.45, 7) is 5.89. The van der Waals surface area contributed by atoms with Crippen molar-refractivity contribution in [3.8, 4) is 11.1 Å². The topological polar surface area (TPSA) is 43.4 Å². The van der Waals surface area contributed by atoms with Gasteiger partial charge in [-0.15, -0.1) is 0 Å². The van der Waals surface area contributed by atoms with E-state index in [0.717, 1.165) is 39.3 Å². The summed E-state index contributed by atoms with van der Waals surface area (Å²) in [6.07, 6.45) is 6.53. The lowest BCUT2D eigenvalue weighted by molar-refractivity contribution is -0.137. The molecule has 0 aliphatic heterocycles. The number of benzene rings is 2. The Bertz CT molecular complexity index is 1050. The number of carbonyl (C=O) groups is 1. The van der Waals surface area contributed by atoms with Gasteiger partial charge in [-0.2, -0.15) is 0 Å². The summed E-state index contributed by atoms with van der Waals surface area (Å²) in [5.41, 5.74) is 4.07. The van der Waals surface area contributed by atoms with Gasteiger partial charge in [0, 0.05) is 22.8 Å². The van der Waals surface area contributed by atoms with Gasteiger partial charge >= 0.3 is 5.97 Å². The summed E-state index contributed by atoms with van der Waals surface area (Å²) in [6, 6.07) is 16.4. The zero-order valence-corrected chi connectivity index (χ0v) is 17.6. The largest absolute Gasteiger partial charge is 0.462 e. The Hall–Kier alpha value is -2.72. The molecule has 2 aromatic carbocycles. The number of esters is 1. The Morgan fingerprint density at radius 3 is 2.52 bits per heavy atom. The van der Waals surface area contributed by atoms with Crippen LogP contribution in [0.1, 0.15) is 37.3 Å². The summed E-state index contributed by atoms with van der Waals surface area (Å²) in [5.74, 6) is -0.420. The fourth-order valence-corrected chi connectivity index (χ4v) is 4.21. The van der Waals surface area contributed by atoms with Gasteiger partial charge in [-0.3, -0.25) is 4.79 Å². The number of rotatable bonds is 9. The summed E-state index contributed by atoms with van der Waals surface area (Å²) in [7, 11) is 0. The van der Waals surface area contributed by atoms with Gasteiger partial charge in [0.1, 0.15) is 0 Å². The van der Waals surface area contributed by atoms with Crippen LogP contribution >= 0.6 is 11.3 Å². The first-order chi connectivity index (χ1) is 14.1. The average Bonchev–Trinajstić information content (AvgIpc) is 2.74. The lowest BCUT2D eigenvalue weighted by Crippen LogP contribution is -2.04. The second-order valence-corrected chi connectivity index (χ2v) is 8.11. The van der Waals surface area contributed by atoms with Crippen LogP contribution in [0.3, 0.4) is 0 Å². The van der Waals surface area contributed by atoms with E-state index in [1.165, 1.54) is 36.2 Å². The van der Waals surface area contributed by atoms with Crippen molar-refractivity contribution in [3.05, 3.63) is 81.8 Å². The number of unbranched alkanes of at least 4 members (excludes halogenated alkanes) is 2. The minimum absolute atomic E-state index is 0.0615. The molecule has 4 heteroatoms. The van der Waals surface area contributed by atoms with E-state index >= 15 is 0 Å². The number of ether oxygens (including phenoxy) is 1. The van der Waals surface area contributed by atoms with Crippen LogP contribution in [0.5, 0.6) is 0 Å². The third-order valence-corrected chi connectivity index (χ3v) is 5.91. The minimum Gasteiger partial charge on any atom is -0.462 e. The fourth-order valence-electron chi connectivity index (χ4n) is 3.27. The lowest BCUT2D eigenvalue weighted by atomic mass is 10.0. The zero-order valence-electron chi connectivity index (χ0n) is 16.8. The standard InChI is InChI=1S/C25H26O3S/c1-3-5-6-7-18-8-11-20(12-9-18)22-17-21-13-10-19(14-15-28-24(26)4-2)16-23(21)29-25(22)27/h4,8-13,16-17H,2-3,5-7,14-15H2,1H3. The SMILES string of the molecule is C=CC(=O)OCCc1ccc2cc(-c3ccc(CCCCC)cc3)c(=O)sc2c1. The van der Waals surface area contributed by atoms with Gasteiger partial charge < -0.3 is 4.74 Å². The van der Waals surface area contributed by atoms with Gasteiger partial charge in [0.2, 0.25) is 4.74 Å². The molecule has 0 radical (unpaired) electrons. The van der Waals surface area contributed by atoms with Gasteiger partial charge in [-0.25, -0.2) is 4.79 Å². The van der Waals surface area contributed by atoms with Gasteiger partial charge in [0.05, 0.1) is 6.61 Å². The van der Waals surface area contributed by atoms with Crippen LogP contribution < -0.4 is 4.74 Å². The Labute approximate surface area is 175 Å². The van der Waals surface area contributed by atoms with Crippen LogP contribution in [0.25, 0.3) is 21.2 Å². The number of hydrogen-bond donors (Lipinski definition) is 0. The highest BCUT2D eigenvalue weighted by Crippen LogP contribution is 2.25. The molecule has 1 heterocycles. The molecule has 0 spiro atoms. The molecule has 0 aliphatic carbocycles. The molecule has 0 N–H and O–H groups in total. The molecule has 0 saturated heterocycles. The van der Waals surface area contributed by atoms with E-state index in [-0.39, 0.29) is 4.74 Å². The molecule has 150 valence electrons. The van der Waals surface area contributed by atoms with Gasteiger partial charge in [0.15, 0.2) is 0 Å². The molecule has 3 rings (SSSR count). The van der Waals surface area contributed by atoms with Crippen LogP contribution in [-0.4, -0.2) is 12.6 Å². The van der Waals surface area contributed by atoms with Crippen molar-refractivity contribution in [3.63, 3.8) is 0 Å². The predicted molar refractivity (Wildman–Crippen MR) is 122 cm³/mol. The second kappa shape index (κ2) is 10.2. The molecule has 0 unspecified atom stereocenters. The average molecular weight is 407 g/mol. The van der Waals surface area contributed by atoms with Crippen molar-refractivity contribution in [1.82, 2.24) is 0 Å². The maximum absolute atomic E-state index is 12.7. The molecule has 29 heavy (non-hydrogen) atoms. The van der Waals surface area contributed by atoms with E-state index in [1.54, 1.807) is 0 Å². The van der Waals surface area contributed by atoms with Crippen LogP contribution in [0.15, 0.2) is 66.0 Å². The monoisotopic (exact) mass is 406 g/mol. The molecule has 3 aromatic rings. The van der Waals surface area contributed by atoms with Gasteiger partial charge in [-0.05, 0) is 47.1 Å². The molecule has 3 nitrogen and oxygen atoms in total. The highest BCUT2D eigenvalue weighted by Gasteiger charge is 2.08. The highest BCUT2D eigenvalue weighted by atomic mass is 32.1. The number of hydrogen-bond acceptors (Lipinski definition) is 4. The first kappa shape index (κ1) is 21.0. The Balaban J connectivity index is 1.77. The van der Waals surface area contributed by atoms with E-state index in [2.05, 4.69) is 37.8 Å². The quantitative estimate of drug-likeness (QED) is 0.251. The summed E-state index contributed by atoms with van der Waals surface area (Å²) >= 11 is 1.26. The van der Waals surface area contributed by atoms with E-state index in [4.69, 9.17) is 4.74 Å². The number of fused-ring (bicyclic) bond motifs is 1. The van der Waals surface area contributed by atoms with Gasteiger partial charge in [0.25, 0.3) is 0 Å². The van der Waals surface area contributed by atoms with Crippen molar-refractivity contribution in [2.75, 3.05) is 6.61 Å². The third kappa shape index (κ3) is 5.64. The van der Waals surface area contributed by atoms with E-state index < -0.39 is 5.97 Å². The zero-order chi connectivity index (χ0) is 20.6. The van der Waals surface area contributed by atoms with Gasteiger partial charge in [-0.1, -0.05) is 74.1 Å². The minimum atomic E-state index is -0.420. The lowest BCUT2D eigenvalue weighted by Gasteiger charge is -2.07. The maximum atomic E-state index is 12.7. The number of carbonyl (C=O) groups excluding carboxylic acids is 1. The molecule has 1 aromatic heterocycles. The smallest absolute Gasteiger partial charge is 0.330 e. The molecule has 0 bridgehead atoms. The summed E-state index contributed by atoms with van der Waals surface area (Å²) < 4.78 is 6.04. The van der Waals surface area contributed by atoms with Crippen molar-refractivity contribution >= 4 is 27.4 Å². The Morgan fingerprint density at radius 1 is 1.03 bits per heavy atom. The van der Waals surface area contributed by atoms with E-state index in [9.17, 15) is 9.59 Å². The second-order valence-electron chi connectivity index (χ2n) is 7.10. The first-order valence-corrected chi connectivity index (χ1v) is 10.9. The fraction of sp³-hybridized carbons (Fsp3) is 0.280. The third-order valence-electron chi connectivity index (χ3n) is 4.94. The van der Waals surface area contributed by atoms with Crippen molar-refractivity contribution < 1.29 is 9.53 Å². The van der Waals surface area contributed by atoms with Crippen LogP contribution in [0.4, 0.5) is 0 Å². The molecule has 0 aliphatic rings. The first-order valence-electron chi connectivity index (χ1n) is 10.1. The van der Waals surface area contributed by atoms with Crippen molar-refractivity contribution in [2.45, 2.75) is 39.0 Å². The molecule has 0 amide bonds. The number of aryl methyl sites for hydroxylation is 1. The molecule has 0 fully saturated rings. The van der Waals surface area contributed by atoms with Crippen LogP contribution in [0.2, 0.25) is 0 Å². The summed E-state index contributed by atoms with van der Waals surface area (Å²) in [5, 5.41) is 1.04. The van der Waals surface area contributed by atoms with Crippen LogP contribution in [0, 0.1) is 0 Å². The molecule has 0 atom stereocenters. The highest BCUT2D eigenvalue weighted by molar-refractivity contribution is 7.16. The van der Waals surface area contributed by atoms with Crippen LogP contribution in [-0.2, 0) is 22.4 Å². The maximum Gasteiger partial charge on any atom is 0.330 e. The van der Waals surface area contributed by atoms with Crippen molar-refractivity contribution in [2.24, 2.45) is 0 Å². The molecule has 0 saturated carbocycles. The Morgan fingerprint density at radius 2 is 1.79 bits per heavy atom. The van der Waals surface area contributed by atoms with E-state index in [0.29, 0.717) is 13.0 Å². The molecular weight excluding hydrogens is 380 g/mol. The predicted octanol–water partition coefficient (Wildman–Crippen LogP) is 5.93. The van der Waals surface area contributed by atoms with E-state index in [1.807, 2.05) is 24.3 Å². The normalized spacial score (nSPS) is 10.8. The summed E-state index contributed by atoms with van der Waals surface area (Å²) in [4.78, 5) is 23.9. The Kier molecular flexibility index (Phi) is 7.36.